The molecule has 0 aliphatic carbocycles. The second-order valence-corrected chi connectivity index (χ2v) is 11.2. The number of hydrogen-bond donors (Lipinski definition) is 0. The molecule has 9 nitrogen and oxygen atoms in total. The van der Waals surface area contributed by atoms with Crippen molar-refractivity contribution in [2.75, 3.05) is 48.2 Å². The van der Waals surface area contributed by atoms with E-state index in [9.17, 15) is 21.6 Å². The molecule has 2 fully saturated rings. The quantitative estimate of drug-likeness (QED) is 0.655. The van der Waals surface area contributed by atoms with Crippen molar-refractivity contribution in [3.63, 3.8) is 0 Å². The first kappa shape index (κ1) is 21.6. The molecule has 2 heterocycles. The highest BCUT2D eigenvalue weighted by atomic mass is 32.2. The number of amides is 1. The van der Waals surface area contributed by atoms with Crippen molar-refractivity contribution in [2.24, 2.45) is 0 Å². The number of nitrogens with zero attached hydrogens (tertiary/aromatic N) is 3. The molecule has 0 atom stereocenters. The number of carbonyl (C=O) groups is 1. The summed E-state index contributed by atoms with van der Waals surface area (Å²) in [4.78, 5) is 14.1. The van der Waals surface area contributed by atoms with Gasteiger partial charge in [0.2, 0.25) is 26.0 Å². The van der Waals surface area contributed by atoms with E-state index in [-0.39, 0.29) is 22.8 Å². The van der Waals surface area contributed by atoms with Crippen LogP contribution >= 0.6 is 0 Å². The van der Waals surface area contributed by atoms with E-state index in [4.69, 9.17) is 4.74 Å². The van der Waals surface area contributed by atoms with Crippen LogP contribution in [0.15, 0.2) is 53.4 Å². The molecule has 2 saturated heterocycles. The number of rotatable bonds is 5. The molecule has 2 aliphatic rings. The van der Waals surface area contributed by atoms with Gasteiger partial charge in [0.1, 0.15) is 5.75 Å². The molecule has 0 N–H and O–H groups in total. The van der Waals surface area contributed by atoms with Crippen LogP contribution in [0, 0.1) is 0 Å². The zero-order chi connectivity index (χ0) is 22.2. The molecule has 166 valence electrons. The van der Waals surface area contributed by atoms with Gasteiger partial charge in [-0.2, -0.15) is 4.31 Å². The van der Waals surface area contributed by atoms with Gasteiger partial charge in [-0.3, -0.25) is 4.79 Å². The maximum absolute atomic E-state index is 13.0. The summed E-state index contributed by atoms with van der Waals surface area (Å²) in [6, 6.07) is 13.0. The SMILES string of the molecule is COc1ccc(N2CCN(S(=O)(=O)c3ccc(N4C(=O)CCS4(=O)=O)cc3)CC2)cc1. The summed E-state index contributed by atoms with van der Waals surface area (Å²) in [6.45, 7) is 1.75. The smallest absolute Gasteiger partial charge is 0.243 e. The maximum atomic E-state index is 13.0. The van der Waals surface area contributed by atoms with E-state index >= 15 is 0 Å². The summed E-state index contributed by atoms with van der Waals surface area (Å²) in [7, 11) is -5.81. The molecular formula is C20H23N3O6S2. The summed E-state index contributed by atoms with van der Waals surface area (Å²) >= 11 is 0. The van der Waals surface area contributed by atoms with Gasteiger partial charge in [0.05, 0.1) is 23.4 Å². The van der Waals surface area contributed by atoms with Crippen LogP contribution in [0.1, 0.15) is 6.42 Å². The summed E-state index contributed by atoms with van der Waals surface area (Å²) in [5.41, 5.74) is 1.16. The number of piperazine rings is 1. The lowest BCUT2D eigenvalue weighted by Gasteiger charge is -2.35. The molecular weight excluding hydrogens is 442 g/mol. The third-order valence-electron chi connectivity index (χ3n) is 5.46. The minimum Gasteiger partial charge on any atom is -0.497 e. The van der Waals surface area contributed by atoms with Crippen molar-refractivity contribution in [2.45, 2.75) is 11.3 Å². The van der Waals surface area contributed by atoms with E-state index in [0.717, 1.165) is 15.7 Å². The van der Waals surface area contributed by atoms with E-state index in [1.54, 1.807) is 7.11 Å². The zero-order valence-corrected chi connectivity index (χ0v) is 18.6. The number of ether oxygens (including phenoxy) is 1. The molecule has 0 spiro atoms. The van der Waals surface area contributed by atoms with Gasteiger partial charge in [-0.05, 0) is 48.5 Å². The molecule has 1 amide bonds. The van der Waals surface area contributed by atoms with Crippen LogP contribution in [0.3, 0.4) is 0 Å². The molecule has 0 bridgehead atoms. The van der Waals surface area contributed by atoms with Crippen LogP contribution in [0.2, 0.25) is 0 Å². The second kappa shape index (κ2) is 8.13. The monoisotopic (exact) mass is 465 g/mol. The van der Waals surface area contributed by atoms with Gasteiger partial charge in [-0.1, -0.05) is 0 Å². The Labute approximate surface area is 181 Å². The fourth-order valence-corrected chi connectivity index (χ4v) is 6.63. The Morgan fingerprint density at radius 2 is 1.45 bits per heavy atom. The highest BCUT2D eigenvalue weighted by molar-refractivity contribution is 7.94. The average molecular weight is 466 g/mol. The second-order valence-electron chi connectivity index (χ2n) is 7.31. The topological polar surface area (TPSA) is 104 Å². The van der Waals surface area contributed by atoms with Gasteiger partial charge in [-0.15, -0.1) is 0 Å². The predicted octanol–water partition coefficient (Wildman–Crippen LogP) is 1.27. The summed E-state index contributed by atoms with van der Waals surface area (Å²) in [5.74, 6) is 0.0202. The van der Waals surface area contributed by atoms with Crippen LogP contribution < -0.4 is 13.9 Å². The van der Waals surface area contributed by atoms with Crippen LogP contribution in [-0.2, 0) is 24.8 Å². The minimum atomic E-state index is -3.73. The number of hydrogen-bond acceptors (Lipinski definition) is 7. The van der Waals surface area contributed by atoms with Crippen molar-refractivity contribution < 1.29 is 26.4 Å². The van der Waals surface area contributed by atoms with Gasteiger partial charge in [0, 0.05) is 38.3 Å². The predicted molar refractivity (Wildman–Crippen MR) is 116 cm³/mol. The van der Waals surface area contributed by atoms with Crippen molar-refractivity contribution in [3.05, 3.63) is 48.5 Å². The van der Waals surface area contributed by atoms with E-state index in [1.807, 2.05) is 24.3 Å². The molecule has 2 aromatic carbocycles. The van der Waals surface area contributed by atoms with Gasteiger partial charge < -0.3 is 9.64 Å². The number of anilines is 2. The molecule has 0 aromatic heterocycles. The first-order valence-corrected chi connectivity index (χ1v) is 12.8. The molecule has 4 rings (SSSR count). The van der Waals surface area contributed by atoms with E-state index in [0.29, 0.717) is 26.2 Å². The standard InChI is InChI=1S/C20H23N3O6S2/c1-29-18-6-2-16(3-7-18)21-11-13-22(14-12-21)31(27,28)19-8-4-17(5-9-19)23-20(24)10-15-30(23,25)26/h2-9H,10-15H2,1H3. The molecule has 2 aliphatic heterocycles. The zero-order valence-electron chi connectivity index (χ0n) is 17.0. The molecule has 2 aromatic rings. The van der Waals surface area contributed by atoms with Gasteiger partial charge >= 0.3 is 0 Å². The number of carbonyl (C=O) groups excluding carboxylic acids is 1. The van der Waals surface area contributed by atoms with Crippen molar-refractivity contribution in [3.8, 4) is 5.75 Å². The van der Waals surface area contributed by atoms with E-state index in [2.05, 4.69) is 4.90 Å². The van der Waals surface area contributed by atoms with Crippen molar-refractivity contribution >= 4 is 37.3 Å². The first-order valence-electron chi connectivity index (χ1n) is 9.77. The Bertz CT molecular complexity index is 1170. The Hall–Kier alpha value is -2.63. The number of methoxy groups -OCH3 is 1. The average Bonchev–Trinajstić information content (AvgIpc) is 3.06. The largest absolute Gasteiger partial charge is 0.497 e. The summed E-state index contributed by atoms with van der Waals surface area (Å²) in [6.07, 6.45) is -0.0686. The van der Waals surface area contributed by atoms with E-state index < -0.39 is 26.0 Å². The Morgan fingerprint density at radius 3 is 1.97 bits per heavy atom. The highest BCUT2D eigenvalue weighted by Crippen LogP contribution is 2.28. The van der Waals surface area contributed by atoms with Crippen LogP contribution in [0.25, 0.3) is 0 Å². The van der Waals surface area contributed by atoms with Crippen molar-refractivity contribution in [1.82, 2.24) is 4.31 Å². The molecule has 0 unspecified atom stereocenters. The van der Waals surface area contributed by atoms with Crippen molar-refractivity contribution in [1.29, 1.82) is 0 Å². The van der Waals surface area contributed by atoms with Crippen LogP contribution in [0.4, 0.5) is 11.4 Å². The Balaban J connectivity index is 1.46. The normalized spacial score (nSPS) is 19.6. The fourth-order valence-electron chi connectivity index (χ4n) is 3.75. The van der Waals surface area contributed by atoms with Gasteiger partial charge in [-0.25, -0.2) is 21.1 Å². The Kier molecular flexibility index (Phi) is 5.67. The lowest BCUT2D eigenvalue weighted by molar-refractivity contribution is -0.116. The lowest BCUT2D eigenvalue weighted by atomic mass is 10.2. The highest BCUT2D eigenvalue weighted by Gasteiger charge is 2.36. The Morgan fingerprint density at radius 1 is 0.871 bits per heavy atom. The summed E-state index contributed by atoms with van der Waals surface area (Å²) in [5, 5.41) is 0. The maximum Gasteiger partial charge on any atom is 0.243 e. The molecule has 0 saturated carbocycles. The molecule has 11 heteroatoms. The fraction of sp³-hybridized carbons (Fsp3) is 0.350. The number of sulfonamides is 2. The summed E-state index contributed by atoms with van der Waals surface area (Å²) < 4.78 is 57.5. The molecule has 31 heavy (non-hydrogen) atoms. The first-order chi connectivity index (χ1) is 14.7. The third kappa shape index (κ3) is 4.12. The molecule has 0 radical (unpaired) electrons. The van der Waals surface area contributed by atoms with Gasteiger partial charge in [0.25, 0.3) is 0 Å². The van der Waals surface area contributed by atoms with Crippen LogP contribution in [-0.4, -0.2) is 66.1 Å². The van der Waals surface area contributed by atoms with Crippen LogP contribution in [0.5, 0.6) is 5.75 Å². The van der Waals surface area contributed by atoms with E-state index in [1.165, 1.54) is 28.6 Å². The number of benzene rings is 2. The third-order valence-corrected chi connectivity index (χ3v) is 9.07. The minimum absolute atomic E-state index is 0.0678. The lowest BCUT2D eigenvalue weighted by Crippen LogP contribution is -2.48. The van der Waals surface area contributed by atoms with Gasteiger partial charge in [0.15, 0.2) is 0 Å².